The third-order valence-corrected chi connectivity index (χ3v) is 4.05. The summed E-state index contributed by atoms with van der Waals surface area (Å²) in [7, 11) is 0. The SMILES string of the molecule is CCc1ccc(C(=O)C2CCCCCC2N)cc1. The number of carbonyl (C=O) groups excluding carboxylic acids is 1. The average molecular weight is 245 g/mol. The highest BCUT2D eigenvalue weighted by Gasteiger charge is 2.27. The van der Waals surface area contributed by atoms with Gasteiger partial charge in [0.1, 0.15) is 0 Å². The predicted octanol–water partition coefficient (Wildman–Crippen LogP) is 3.34. The van der Waals surface area contributed by atoms with Gasteiger partial charge in [-0.3, -0.25) is 4.79 Å². The molecule has 1 aliphatic rings. The van der Waals surface area contributed by atoms with E-state index in [9.17, 15) is 4.79 Å². The lowest BCUT2D eigenvalue weighted by atomic mass is 9.87. The van der Waals surface area contributed by atoms with Crippen molar-refractivity contribution in [2.24, 2.45) is 11.7 Å². The van der Waals surface area contributed by atoms with Gasteiger partial charge in [-0.2, -0.15) is 0 Å². The van der Waals surface area contributed by atoms with Crippen LogP contribution in [0.1, 0.15) is 54.9 Å². The largest absolute Gasteiger partial charge is 0.327 e. The minimum absolute atomic E-state index is 0.0278. The minimum Gasteiger partial charge on any atom is -0.327 e. The van der Waals surface area contributed by atoms with E-state index in [1.165, 1.54) is 18.4 Å². The van der Waals surface area contributed by atoms with Crippen LogP contribution in [0.4, 0.5) is 0 Å². The molecular formula is C16H23NO. The average Bonchev–Trinajstić information content (AvgIpc) is 2.63. The molecule has 2 N–H and O–H groups in total. The molecule has 0 spiro atoms. The fourth-order valence-electron chi connectivity index (χ4n) is 2.78. The second-order valence-electron chi connectivity index (χ2n) is 5.32. The number of aryl methyl sites for hydroxylation is 1. The molecular weight excluding hydrogens is 222 g/mol. The lowest BCUT2D eigenvalue weighted by Gasteiger charge is -2.20. The number of benzene rings is 1. The van der Waals surface area contributed by atoms with E-state index in [0.29, 0.717) is 0 Å². The zero-order chi connectivity index (χ0) is 13.0. The van der Waals surface area contributed by atoms with E-state index in [-0.39, 0.29) is 17.7 Å². The lowest BCUT2D eigenvalue weighted by Crippen LogP contribution is -2.34. The van der Waals surface area contributed by atoms with Gasteiger partial charge in [-0.25, -0.2) is 0 Å². The summed E-state index contributed by atoms with van der Waals surface area (Å²) < 4.78 is 0. The zero-order valence-electron chi connectivity index (χ0n) is 11.2. The number of nitrogens with two attached hydrogens (primary N) is 1. The molecule has 1 aromatic carbocycles. The van der Waals surface area contributed by atoms with Gasteiger partial charge in [0, 0.05) is 17.5 Å². The molecule has 0 saturated heterocycles. The summed E-state index contributed by atoms with van der Waals surface area (Å²) in [5, 5.41) is 0. The predicted molar refractivity (Wildman–Crippen MR) is 74.7 cm³/mol. The molecule has 2 atom stereocenters. The molecule has 2 heteroatoms. The van der Waals surface area contributed by atoms with Crippen molar-refractivity contribution in [3.63, 3.8) is 0 Å². The van der Waals surface area contributed by atoms with Crippen LogP contribution in [-0.4, -0.2) is 11.8 Å². The van der Waals surface area contributed by atoms with E-state index in [4.69, 9.17) is 5.73 Å². The van der Waals surface area contributed by atoms with Gasteiger partial charge < -0.3 is 5.73 Å². The van der Waals surface area contributed by atoms with Gasteiger partial charge >= 0.3 is 0 Å². The van der Waals surface area contributed by atoms with Crippen LogP contribution in [0.15, 0.2) is 24.3 Å². The molecule has 2 nitrogen and oxygen atoms in total. The number of hydrogen-bond donors (Lipinski definition) is 1. The Hall–Kier alpha value is -1.15. The van der Waals surface area contributed by atoms with E-state index in [2.05, 4.69) is 19.1 Å². The van der Waals surface area contributed by atoms with E-state index in [1.807, 2.05) is 12.1 Å². The van der Waals surface area contributed by atoms with Gasteiger partial charge in [-0.05, 0) is 24.8 Å². The van der Waals surface area contributed by atoms with E-state index in [1.54, 1.807) is 0 Å². The molecule has 0 heterocycles. The summed E-state index contributed by atoms with van der Waals surface area (Å²) in [4.78, 5) is 12.5. The molecule has 18 heavy (non-hydrogen) atoms. The Morgan fingerprint density at radius 2 is 1.83 bits per heavy atom. The first-order valence-electron chi connectivity index (χ1n) is 7.11. The molecule has 0 bridgehead atoms. The van der Waals surface area contributed by atoms with Crippen molar-refractivity contribution in [1.29, 1.82) is 0 Å². The fourth-order valence-corrected chi connectivity index (χ4v) is 2.78. The molecule has 98 valence electrons. The molecule has 0 aromatic heterocycles. The highest BCUT2D eigenvalue weighted by atomic mass is 16.1. The molecule has 2 rings (SSSR count). The summed E-state index contributed by atoms with van der Waals surface area (Å²) >= 11 is 0. The lowest BCUT2D eigenvalue weighted by molar-refractivity contribution is 0.0895. The van der Waals surface area contributed by atoms with E-state index < -0.39 is 0 Å². The molecule has 0 radical (unpaired) electrons. The van der Waals surface area contributed by atoms with Gasteiger partial charge in [-0.15, -0.1) is 0 Å². The first-order chi connectivity index (χ1) is 8.72. The second kappa shape index (κ2) is 6.14. The standard InChI is InChI=1S/C16H23NO/c1-2-12-8-10-13(11-9-12)16(18)14-6-4-3-5-7-15(14)17/h8-11,14-15H,2-7,17H2,1H3. The maximum absolute atomic E-state index is 12.5. The molecule has 2 unspecified atom stereocenters. The smallest absolute Gasteiger partial charge is 0.167 e. The van der Waals surface area contributed by atoms with E-state index >= 15 is 0 Å². The fraction of sp³-hybridized carbons (Fsp3) is 0.562. The molecule has 0 amide bonds. The number of rotatable bonds is 3. The van der Waals surface area contributed by atoms with Crippen molar-refractivity contribution >= 4 is 5.78 Å². The van der Waals surface area contributed by atoms with Gasteiger partial charge in [0.15, 0.2) is 5.78 Å². The van der Waals surface area contributed by atoms with Crippen molar-refractivity contribution in [2.45, 2.75) is 51.5 Å². The van der Waals surface area contributed by atoms with Crippen molar-refractivity contribution in [2.75, 3.05) is 0 Å². The van der Waals surface area contributed by atoms with Crippen LogP contribution < -0.4 is 5.73 Å². The van der Waals surface area contributed by atoms with Gasteiger partial charge in [0.2, 0.25) is 0 Å². The van der Waals surface area contributed by atoms with Crippen LogP contribution in [0.2, 0.25) is 0 Å². The maximum Gasteiger partial charge on any atom is 0.167 e. The molecule has 1 saturated carbocycles. The summed E-state index contributed by atoms with van der Waals surface area (Å²) in [6, 6.07) is 8.06. The number of Topliss-reactive ketones (excluding diaryl/α,β-unsaturated/α-hetero) is 1. The van der Waals surface area contributed by atoms with Crippen molar-refractivity contribution < 1.29 is 4.79 Å². The monoisotopic (exact) mass is 245 g/mol. The normalized spacial score (nSPS) is 24.6. The van der Waals surface area contributed by atoms with Crippen LogP contribution in [0, 0.1) is 5.92 Å². The second-order valence-corrected chi connectivity index (χ2v) is 5.32. The first-order valence-corrected chi connectivity index (χ1v) is 7.11. The Morgan fingerprint density at radius 3 is 2.50 bits per heavy atom. The van der Waals surface area contributed by atoms with Gasteiger partial charge in [0.05, 0.1) is 0 Å². The van der Waals surface area contributed by atoms with Crippen LogP contribution >= 0.6 is 0 Å². The van der Waals surface area contributed by atoms with Crippen LogP contribution in [-0.2, 0) is 6.42 Å². The number of hydrogen-bond acceptors (Lipinski definition) is 2. The van der Waals surface area contributed by atoms with Crippen LogP contribution in [0.25, 0.3) is 0 Å². The highest BCUT2D eigenvalue weighted by Crippen LogP contribution is 2.25. The summed E-state index contributed by atoms with van der Waals surface area (Å²) in [6.07, 6.45) is 6.47. The molecule has 1 aliphatic carbocycles. The van der Waals surface area contributed by atoms with Gasteiger partial charge in [0.25, 0.3) is 0 Å². The number of ketones is 1. The highest BCUT2D eigenvalue weighted by molar-refractivity contribution is 5.98. The third kappa shape index (κ3) is 2.99. The number of carbonyl (C=O) groups is 1. The summed E-state index contributed by atoms with van der Waals surface area (Å²) in [5.41, 5.74) is 8.26. The quantitative estimate of drug-likeness (QED) is 0.655. The van der Waals surface area contributed by atoms with Crippen molar-refractivity contribution in [3.8, 4) is 0 Å². The third-order valence-electron chi connectivity index (χ3n) is 4.05. The summed E-state index contributed by atoms with van der Waals surface area (Å²) in [5.74, 6) is 0.270. The Balaban J connectivity index is 2.13. The Kier molecular flexibility index (Phi) is 4.54. The maximum atomic E-state index is 12.5. The Bertz CT molecular complexity index is 396. The Morgan fingerprint density at radius 1 is 1.17 bits per heavy atom. The van der Waals surface area contributed by atoms with Crippen molar-refractivity contribution in [3.05, 3.63) is 35.4 Å². The molecule has 1 aromatic rings. The minimum atomic E-state index is 0.0278. The van der Waals surface area contributed by atoms with E-state index in [0.717, 1.165) is 31.2 Å². The Labute approximate surface area is 110 Å². The zero-order valence-corrected chi connectivity index (χ0v) is 11.2. The van der Waals surface area contributed by atoms with Crippen molar-refractivity contribution in [1.82, 2.24) is 0 Å². The molecule has 1 fully saturated rings. The first kappa shape index (κ1) is 13.3. The van der Waals surface area contributed by atoms with Crippen LogP contribution in [0.5, 0.6) is 0 Å². The van der Waals surface area contributed by atoms with Crippen LogP contribution in [0.3, 0.4) is 0 Å². The molecule has 0 aliphatic heterocycles. The summed E-state index contributed by atoms with van der Waals surface area (Å²) in [6.45, 7) is 2.12. The topological polar surface area (TPSA) is 43.1 Å². The van der Waals surface area contributed by atoms with Gasteiger partial charge in [-0.1, -0.05) is 50.5 Å².